The van der Waals surface area contributed by atoms with Gasteiger partial charge in [0.1, 0.15) is 46.6 Å². The summed E-state index contributed by atoms with van der Waals surface area (Å²) in [6, 6.07) is 27.8. The normalized spacial score (nSPS) is 14.9. The summed E-state index contributed by atoms with van der Waals surface area (Å²) in [5, 5.41) is 33.8. The van der Waals surface area contributed by atoms with Gasteiger partial charge in [-0.15, -0.1) is 45.3 Å². The van der Waals surface area contributed by atoms with Crippen molar-refractivity contribution in [3.63, 3.8) is 0 Å². The number of carbonyl (C=O) groups excluding carboxylic acids is 8. The predicted molar refractivity (Wildman–Crippen MR) is 555 cm³/mol. The van der Waals surface area contributed by atoms with Crippen LogP contribution < -0.4 is 105 Å². The van der Waals surface area contributed by atoms with Gasteiger partial charge < -0.3 is 90.6 Å². The number of benzene rings is 4. The first kappa shape index (κ1) is 104. The molecule has 16 heterocycles. The molecule has 141 heavy (non-hydrogen) atoms. The van der Waals surface area contributed by atoms with Gasteiger partial charge in [-0.05, 0) is 129 Å². The van der Waals surface area contributed by atoms with Gasteiger partial charge in [-0.2, -0.15) is 0 Å². The fourth-order valence-electron chi connectivity index (χ4n) is 16.7. The SMILES string of the molecule is C.C.C.C.COCCOc1ccc2c(c1)C(=O)N(c1nc(C(=O)Nc3cnc(C)cc3N3CCNCC3)cs1)C2.COc1cc2c(cc1OC)C(=O)N(c1nc(C(=O)Nc3cnc(C)cc3N3CCNCC3)cs1)C2.COc1ccc2c(c1)C(=O)N(c1nc(C(=O)Nc3cnc(C)cc3N3CCNCC3)cs1)C2.COc1ccc2c(c1)CN(c1nc(C(=O)Nc3cnc(C)cc3N3CCNCC3)cs1)C2=O. The van der Waals surface area contributed by atoms with Gasteiger partial charge in [-0.3, -0.25) is 77.9 Å². The second-order valence-corrected chi connectivity index (χ2v) is 36.2. The van der Waals surface area contributed by atoms with E-state index in [1.165, 1.54) is 52.5 Å². The van der Waals surface area contributed by atoms with Crippen LogP contribution in [0.25, 0.3) is 0 Å². The van der Waals surface area contributed by atoms with Gasteiger partial charge in [0, 0.05) is 178 Å². The minimum Gasteiger partial charge on any atom is -0.497 e. The minimum absolute atomic E-state index is 0. The number of thiazole rings is 4. The highest BCUT2D eigenvalue weighted by Crippen LogP contribution is 2.42. The number of nitrogens with zero attached hydrogens (tertiary/aromatic N) is 16. The van der Waals surface area contributed by atoms with Crippen molar-refractivity contribution in [2.45, 2.75) is 83.6 Å². The maximum Gasteiger partial charge on any atom is 0.275 e. The van der Waals surface area contributed by atoms with Crippen LogP contribution in [0.5, 0.6) is 28.7 Å². The van der Waals surface area contributed by atoms with Crippen molar-refractivity contribution in [3.8, 4) is 28.7 Å². The highest BCUT2D eigenvalue weighted by molar-refractivity contribution is 7.15. The molecule has 8 N–H and O–H groups in total. The predicted octanol–water partition coefficient (Wildman–Crippen LogP) is 13.3. The molecule has 8 aliphatic rings. The Labute approximate surface area is 835 Å². The maximum atomic E-state index is 13.1. The summed E-state index contributed by atoms with van der Waals surface area (Å²) in [5.74, 6) is 1.05. The molecule has 8 aromatic heterocycles. The Morgan fingerprint density at radius 3 is 0.943 bits per heavy atom. The van der Waals surface area contributed by atoms with Crippen LogP contribution >= 0.6 is 45.3 Å². The standard InChI is InChI=1S/C25H28N6O4S.C24H26N6O4S.2C23H24N6O3S.4CH4/c1-16-11-22(30-7-5-26-6-8-30)20(13-27-16)28-23(32)21-15-36-25(29-21)31-14-17-3-4-18(35-10-9-34-2)12-19(17)24(31)33;1-14-8-19(29-6-4-25-5-7-29)17(11-26-14)27-22(31)18-13-35-24(28-18)30-12-15-9-20(33-2)21(34-3)10-16(15)23(30)32;1-14-9-20(28-7-5-24-6-8-28)18(11-25-14)26-21(30)19-13-33-23(27-19)29-12-15-10-16(32-2)3-4-17(15)22(29)31;1-14-9-20(28-7-5-24-6-8-28)18(11-25-14)26-21(30)19-13-33-23(27-19)29-12-15-3-4-16(32-2)10-17(15)22(29)31;;;;/h3-4,11-13,15,26H,5-10,14H2,1-2H3,(H,28,32);8-11,13,25H,4-7,12H2,1-3H3,(H,27,31);2*3-4,9-11,13,24H,5-8,12H2,1-2H3,(H,26,30);4*1H4. The Morgan fingerprint density at radius 1 is 0.333 bits per heavy atom. The molecule has 12 aromatic rings. The zero-order chi connectivity index (χ0) is 95.5. The molecule has 0 unspecified atom stereocenters. The van der Waals surface area contributed by atoms with Crippen LogP contribution in [-0.4, -0.2) is 241 Å². The van der Waals surface area contributed by atoms with Crippen molar-refractivity contribution >= 4 is 159 Å². The quantitative estimate of drug-likeness (QED) is 0.0260. The van der Waals surface area contributed by atoms with Gasteiger partial charge in [0.25, 0.3) is 47.3 Å². The van der Waals surface area contributed by atoms with Gasteiger partial charge in [0.2, 0.25) is 0 Å². The lowest BCUT2D eigenvalue weighted by atomic mass is 10.1. The van der Waals surface area contributed by atoms with Gasteiger partial charge >= 0.3 is 0 Å². The number of rotatable bonds is 24. The first-order valence-corrected chi connectivity index (χ1v) is 48.0. The van der Waals surface area contributed by atoms with E-state index in [4.69, 9.17) is 28.4 Å². The number of hydrogen-bond acceptors (Lipinski definition) is 34. The number of piperazine rings is 4. The molecule has 42 heteroatoms. The molecule has 8 amide bonds. The van der Waals surface area contributed by atoms with Crippen LogP contribution in [0.4, 0.5) is 66.0 Å². The van der Waals surface area contributed by atoms with Crippen molar-refractivity contribution in [1.29, 1.82) is 0 Å². The van der Waals surface area contributed by atoms with E-state index in [-0.39, 0.29) is 99.7 Å². The average molecular weight is 2000 g/mol. The first-order valence-electron chi connectivity index (χ1n) is 44.5. The molecule has 0 bridgehead atoms. The lowest BCUT2D eigenvalue weighted by Crippen LogP contribution is -2.43. The molecule has 4 fully saturated rings. The summed E-state index contributed by atoms with van der Waals surface area (Å²) < 4.78 is 31.8. The monoisotopic (exact) mass is 1990 g/mol. The number of aromatic nitrogens is 8. The minimum atomic E-state index is -0.345. The number of pyridine rings is 4. The molecular weight excluding hydrogens is 1880 g/mol. The van der Waals surface area contributed by atoms with E-state index in [1.807, 2.05) is 82.3 Å². The highest BCUT2D eigenvalue weighted by atomic mass is 32.1. The third-order valence-electron chi connectivity index (χ3n) is 23.8. The Balaban J connectivity index is 0.000000157. The topological polar surface area (TPSA) is 417 Å². The molecular formula is C99H118N24O14S4. The molecule has 8 aliphatic heterocycles. The van der Waals surface area contributed by atoms with Crippen LogP contribution in [0.15, 0.2) is 137 Å². The number of fused-ring (bicyclic) bond motifs is 4. The lowest BCUT2D eigenvalue weighted by Gasteiger charge is -2.31. The molecule has 4 aromatic carbocycles. The van der Waals surface area contributed by atoms with Gasteiger partial charge in [-0.1, -0.05) is 41.8 Å². The average Bonchev–Trinajstić information content (AvgIpc) is 1.63. The Bertz CT molecular complexity index is 6430. The maximum absolute atomic E-state index is 13.1. The summed E-state index contributed by atoms with van der Waals surface area (Å²) in [7, 11) is 7.87. The second kappa shape index (κ2) is 47.1. The molecule has 0 aliphatic carbocycles. The summed E-state index contributed by atoms with van der Waals surface area (Å²) in [6.07, 6.45) is 6.74. The van der Waals surface area contributed by atoms with E-state index in [0.717, 1.165) is 172 Å². The second-order valence-electron chi connectivity index (χ2n) is 32.8. The molecule has 0 radical (unpaired) electrons. The van der Waals surface area contributed by atoms with Crippen LogP contribution in [0.1, 0.15) is 158 Å². The number of methoxy groups -OCH3 is 5. The highest BCUT2D eigenvalue weighted by Gasteiger charge is 2.38. The summed E-state index contributed by atoms with van der Waals surface area (Å²) >= 11 is 5.06. The Morgan fingerprint density at radius 2 is 0.617 bits per heavy atom. The smallest absolute Gasteiger partial charge is 0.275 e. The van der Waals surface area contributed by atoms with Gasteiger partial charge in [0.05, 0.1) is 132 Å². The van der Waals surface area contributed by atoms with Gasteiger partial charge in [0.15, 0.2) is 32.0 Å². The van der Waals surface area contributed by atoms with Crippen LogP contribution in [0, 0.1) is 27.7 Å². The van der Waals surface area contributed by atoms with Crippen LogP contribution in [0.2, 0.25) is 0 Å². The molecule has 4 saturated heterocycles. The van der Waals surface area contributed by atoms with Crippen molar-refractivity contribution in [1.82, 2.24) is 61.1 Å². The number of aryl methyl sites for hydroxylation is 4. The first-order chi connectivity index (χ1) is 66.6. The Hall–Kier alpha value is -14.2. The summed E-state index contributed by atoms with van der Waals surface area (Å²) in [5.41, 5.74) is 16.8. The van der Waals surface area contributed by atoms with Gasteiger partial charge in [-0.25, -0.2) is 19.9 Å². The van der Waals surface area contributed by atoms with Crippen molar-refractivity contribution in [2.75, 3.05) is 214 Å². The van der Waals surface area contributed by atoms with E-state index in [2.05, 4.69) is 102 Å². The number of amides is 8. The van der Waals surface area contributed by atoms with E-state index in [0.29, 0.717) is 134 Å². The number of carbonyl (C=O) groups is 8. The molecule has 38 nitrogen and oxygen atoms in total. The van der Waals surface area contributed by atoms with Crippen LogP contribution in [-0.2, 0) is 30.9 Å². The largest absolute Gasteiger partial charge is 0.497 e. The van der Waals surface area contributed by atoms with Crippen LogP contribution in [0.3, 0.4) is 0 Å². The molecule has 742 valence electrons. The van der Waals surface area contributed by atoms with E-state index in [1.54, 1.807) is 131 Å². The molecule has 0 saturated carbocycles. The number of anilines is 12. The number of nitrogens with one attached hydrogen (secondary N) is 8. The molecule has 0 spiro atoms. The summed E-state index contributed by atoms with van der Waals surface area (Å²) in [4.78, 5) is 155. The third kappa shape index (κ3) is 23.6. The molecule has 0 atom stereocenters. The Kier molecular flexibility index (Phi) is 34.8. The lowest BCUT2D eigenvalue weighted by molar-refractivity contribution is 0.0987. The van der Waals surface area contributed by atoms with E-state index in [9.17, 15) is 38.4 Å². The number of ether oxygens (including phenoxy) is 6. The van der Waals surface area contributed by atoms with Crippen molar-refractivity contribution in [3.05, 3.63) is 227 Å². The van der Waals surface area contributed by atoms with E-state index >= 15 is 0 Å². The fraction of sp³-hybridized carbons (Fsp3) is 0.354. The molecule has 20 rings (SSSR count). The summed E-state index contributed by atoms with van der Waals surface area (Å²) in [6.45, 7) is 24.1. The zero-order valence-corrected chi connectivity index (χ0v) is 80.1. The third-order valence-corrected chi connectivity index (χ3v) is 27.3. The zero-order valence-electron chi connectivity index (χ0n) is 76.8. The van der Waals surface area contributed by atoms with E-state index < -0.39 is 0 Å². The fourth-order valence-corrected chi connectivity index (χ4v) is 19.9. The van der Waals surface area contributed by atoms with Crippen molar-refractivity contribution < 1.29 is 66.8 Å². The number of hydrogen-bond donors (Lipinski definition) is 8. The van der Waals surface area contributed by atoms with Crippen molar-refractivity contribution in [2.24, 2.45) is 0 Å².